The molecule has 11 heteroatoms. The molecule has 40 heavy (non-hydrogen) atoms. The first-order valence-corrected chi connectivity index (χ1v) is 14.0. The molecule has 1 spiro atoms. The lowest BCUT2D eigenvalue weighted by Crippen LogP contribution is -2.55. The predicted molar refractivity (Wildman–Crippen MR) is 146 cm³/mol. The number of nitrogens with zero attached hydrogens (tertiary/aromatic N) is 4. The van der Waals surface area contributed by atoms with Gasteiger partial charge in [-0.2, -0.15) is 0 Å². The first-order chi connectivity index (χ1) is 19.4. The number of aliphatic hydroxyl groups excluding tert-OH is 1. The number of aliphatic hydroxyl groups is 1. The summed E-state index contributed by atoms with van der Waals surface area (Å²) in [5, 5.41) is 23.6. The van der Waals surface area contributed by atoms with E-state index in [1.807, 2.05) is 61.5 Å². The SMILES string of the molecule is CC[C@@]12CCC3(O1)C(C(=O)NCn1nnc4ccccc41)N(CCCCO)C(=O)[C@@H]3[C@@H]2C(=O)Nc1ccccc1. The molecule has 2 aromatic carbocycles. The lowest BCUT2D eigenvalue weighted by molar-refractivity contribution is -0.146. The van der Waals surface area contributed by atoms with Crippen LogP contribution in [0.5, 0.6) is 0 Å². The Labute approximate surface area is 231 Å². The molecule has 3 aliphatic heterocycles. The second-order valence-corrected chi connectivity index (χ2v) is 10.9. The monoisotopic (exact) mass is 546 g/mol. The van der Waals surface area contributed by atoms with Crippen LogP contribution in [0.2, 0.25) is 0 Å². The minimum atomic E-state index is -1.11. The number of anilines is 1. The first-order valence-electron chi connectivity index (χ1n) is 14.0. The number of unbranched alkanes of at least 4 members (excludes halogenated alkanes) is 1. The summed E-state index contributed by atoms with van der Waals surface area (Å²) in [5.74, 6) is -2.36. The molecule has 1 aromatic heterocycles. The number of carbonyl (C=O) groups excluding carboxylic acids is 3. The van der Waals surface area contributed by atoms with Crippen molar-refractivity contribution in [3.63, 3.8) is 0 Å². The van der Waals surface area contributed by atoms with Crippen molar-refractivity contribution >= 4 is 34.4 Å². The maximum atomic E-state index is 14.1. The number of ether oxygens (including phenoxy) is 1. The number of rotatable bonds is 10. The van der Waals surface area contributed by atoms with Gasteiger partial charge in [0.05, 0.1) is 23.0 Å². The third kappa shape index (κ3) is 4.06. The Morgan fingerprint density at radius 2 is 1.85 bits per heavy atom. The minimum absolute atomic E-state index is 0.00953. The molecule has 3 saturated heterocycles. The van der Waals surface area contributed by atoms with Gasteiger partial charge in [-0.25, -0.2) is 4.68 Å². The Balaban J connectivity index is 1.31. The highest BCUT2D eigenvalue weighted by molar-refractivity contribution is 6.02. The topological polar surface area (TPSA) is 139 Å². The van der Waals surface area contributed by atoms with E-state index in [0.717, 1.165) is 5.52 Å². The third-order valence-corrected chi connectivity index (χ3v) is 8.88. The molecule has 3 aromatic rings. The number of aromatic nitrogens is 3. The van der Waals surface area contributed by atoms with Crippen molar-refractivity contribution in [2.45, 2.75) is 62.9 Å². The van der Waals surface area contributed by atoms with Crippen molar-refractivity contribution in [2.75, 3.05) is 18.5 Å². The molecule has 3 fully saturated rings. The highest BCUT2D eigenvalue weighted by Gasteiger charge is 2.78. The van der Waals surface area contributed by atoms with Gasteiger partial charge in [-0.15, -0.1) is 5.10 Å². The van der Waals surface area contributed by atoms with Crippen LogP contribution < -0.4 is 10.6 Å². The van der Waals surface area contributed by atoms with E-state index in [2.05, 4.69) is 20.9 Å². The fraction of sp³-hybridized carbons (Fsp3) is 0.483. The average molecular weight is 547 g/mol. The van der Waals surface area contributed by atoms with Gasteiger partial charge in [-0.05, 0) is 56.4 Å². The van der Waals surface area contributed by atoms with Crippen LogP contribution in [-0.4, -0.2) is 73.1 Å². The van der Waals surface area contributed by atoms with E-state index >= 15 is 0 Å². The highest BCUT2D eigenvalue weighted by Crippen LogP contribution is 2.64. The van der Waals surface area contributed by atoms with Crippen LogP contribution in [0.25, 0.3) is 11.0 Å². The molecule has 210 valence electrons. The van der Waals surface area contributed by atoms with E-state index in [-0.39, 0.29) is 37.5 Å². The number of para-hydroxylation sites is 2. The van der Waals surface area contributed by atoms with E-state index in [1.54, 1.807) is 9.58 Å². The van der Waals surface area contributed by atoms with Crippen LogP contribution in [0.1, 0.15) is 39.0 Å². The van der Waals surface area contributed by atoms with Crippen LogP contribution in [0.4, 0.5) is 5.69 Å². The number of likely N-dealkylation sites (tertiary alicyclic amines) is 1. The van der Waals surface area contributed by atoms with Gasteiger partial charge in [0.25, 0.3) is 0 Å². The number of benzene rings is 2. The molecule has 3 amide bonds. The number of hydrogen-bond acceptors (Lipinski definition) is 7. The van der Waals surface area contributed by atoms with Crippen molar-refractivity contribution < 1.29 is 24.2 Å². The molecule has 5 atom stereocenters. The zero-order chi connectivity index (χ0) is 27.9. The lowest BCUT2D eigenvalue weighted by Gasteiger charge is -2.34. The fourth-order valence-corrected chi connectivity index (χ4v) is 7.08. The Morgan fingerprint density at radius 3 is 2.62 bits per heavy atom. The molecule has 3 aliphatic rings. The molecule has 6 rings (SSSR count). The summed E-state index contributed by atoms with van der Waals surface area (Å²) in [6.45, 7) is 2.32. The third-order valence-electron chi connectivity index (χ3n) is 8.88. The summed E-state index contributed by atoms with van der Waals surface area (Å²) in [7, 11) is 0. The van der Waals surface area contributed by atoms with Gasteiger partial charge in [0.15, 0.2) is 0 Å². The Hall–Kier alpha value is -3.83. The van der Waals surface area contributed by atoms with E-state index in [4.69, 9.17) is 4.74 Å². The van der Waals surface area contributed by atoms with Crippen molar-refractivity contribution in [3.05, 3.63) is 54.6 Å². The molecule has 3 N–H and O–H groups in total. The number of amides is 3. The number of hydrogen-bond donors (Lipinski definition) is 3. The molecule has 2 unspecified atom stereocenters. The van der Waals surface area contributed by atoms with Crippen molar-refractivity contribution in [2.24, 2.45) is 11.8 Å². The summed E-state index contributed by atoms with van der Waals surface area (Å²) in [4.78, 5) is 43.4. The first kappa shape index (κ1) is 26.4. The molecular weight excluding hydrogens is 512 g/mol. The summed E-state index contributed by atoms with van der Waals surface area (Å²) in [6.07, 6.45) is 2.67. The second-order valence-electron chi connectivity index (χ2n) is 10.9. The minimum Gasteiger partial charge on any atom is -0.396 e. The summed E-state index contributed by atoms with van der Waals surface area (Å²) < 4.78 is 8.37. The summed E-state index contributed by atoms with van der Waals surface area (Å²) in [5.41, 5.74) is 0.209. The molecule has 11 nitrogen and oxygen atoms in total. The summed E-state index contributed by atoms with van der Waals surface area (Å²) in [6, 6.07) is 15.7. The van der Waals surface area contributed by atoms with Crippen LogP contribution in [-0.2, 0) is 25.8 Å². The van der Waals surface area contributed by atoms with Gasteiger partial charge in [0.2, 0.25) is 17.7 Å². The molecule has 0 aliphatic carbocycles. The maximum absolute atomic E-state index is 14.1. The van der Waals surface area contributed by atoms with Crippen molar-refractivity contribution in [3.8, 4) is 0 Å². The van der Waals surface area contributed by atoms with Gasteiger partial charge in [-0.1, -0.05) is 42.5 Å². The smallest absolute Gasteiger partial charge is 0.247 e. The molecule has 2 bridgehead atoms. The normalized spacial score (nSPS) is 28.7. The predicted octanol–water partition coefficient (Wildman–Crippen LogP) is 2.07. The molecule has 0 radical (unpaired) electrons. The molecular formula is C29H34N6O5. The van der Waals surface area contributed by atoms with Crippen molar-refractivity contribution in [1.82, 2.24) is 25.2 Å². The highest BCUT2D eigenvalue weighted by atomic mass is 16.5. The molecule has 4 heterocycles. The maximum Gasteiger partial charge on any atom is 0.247 e. The van der Waals surface area contributed by atoms with E-state index in [1.165, 1.54) is 0 Å². The molecule has 0 saturated carbocycles. The number of carbonyl (C=O) groups is 3. The standard InChI is InChI=1S/C29H34N6O5/c1-2-28-14-15-29(40-28)23(22(28)25(37)31-19-10-4-3-5-11-19)27(39)34(16-8-9-17-36)24(29)26(38)30-18-35-21-13-7-6-12-20(21)32-33-35/h3-7,10-13,22-24,36H,2,8-9,14-18H2,1H3,(H,30,38)(H,31,37)/t22-,23+,24?,28+,29?/m1/s1. The van der Waals surface area contributed by atoms with Gasteiger partial charge in [-0.3, -0.25) is 14.4 Å². The van der Waals surface area contributed by atoms with Gasteiger partial charge in [0, 0.05) is 18.8 Å². The number of fused-ring (bicyclic) bond motifs is 2. The largest absolute Gasteiger partial charge is 0.396 e. The second kappa shape index (κ2) is 10.3. The fourth-order valence-electron chi connectivity index (χ4n) is 7.08. The van der Waals surface area contributed by atoms with Gasteiger partial charge < -0.3 is 25.4 Å². The lowest BCUT2D eigenvalue weighted by atomic mass is 9.65. The van der Waals surface area contributed by atoms with Gasteiger partial charge in [0.1, 0.15) is 23.8 Å². The number of nitrogens with one attached hydrogen (secondary N) is 2. The Morgan fingerprint density at radius 1 is 1.07 bits per heavy atom. The average Bonchev–Trinajstić information content (AvgIpc) is 3.70. The van der Waals surface area contributed by atoms with E-state index < -0.39 is 29.1 Å². The Kier molecular flexibility index (Phi) is 6.79. The quantitative estimate of drug-likeness (QED) is 0.331. The van der Waals surface area contributed by atoms with E-state index in [0.29, 0.717) is 43.3 Å². The van der Waals surface area contributed by atoms with Crippen LogP contribution in [0.15, 0.2) is 54.6 Å². The summed E-state index contributed by atoms with van der Waals surface area (Å²) >= 11 is 0. The van der Waals surface area contributed by atoms with Gasteiger partial charge >= 0.3 is 0 Å². The van der Waals surface area contributed by atoms with Crippen molar-refractivity contribution in [1.29, 1.82) is 0 Å². The van der Waals surface area contributed by atoms with Crippen LogP contribution in [0, 0.1) is 11.8 Å². The van der Waals surface area contributed by atoms with Crippen LogP contribution >= 0.6 is 0 Å². The zero-order valence-corrected chi connectivity index (χ0v) is 22.5. The zero-order valence-electron chi connectivity index (χ0n) is 22.5. The Bertz CT molecular complexity index is 1430. The van der Waals surface area contributed by atoms with E-state index in [9.17, 15) is 19.5 Å². The van der Waals surface area contributed by atoms with Crippen LogP contribution in [0.3, 0.4) is 0 Å².